The predicted octanol–water partition coefficient (Wildman–Crippen LogP) is 6.22. The Labute approximate surface area is 174 Å². The van der Waals surface area contributed by atoms with Crippen molar-refractivity contribution in [1.29, 1.82) is 0 Å². The SMILES string of the molecule is C.C.C.CC(C)N1CCOC1=O.CC(C)c1ccc(Cl)cc1.[Y]. The van der Waals surface area contributed by atoms with E-state index in [0.29, 0.717) is 12.5 Å². The minimum Gasteiger partial charge on any atom is -0.448 e. The Morgan fingerprint density at radius 1 is 1.04 bits per heavy atom. The molecule has 1 amide bonds. The molecule has 133 valence electrons. The molecule has 5 heteroatoms. The van der Waals surface area contributed by atoms with Crippen LogP contribution in [-0.2, 0) is 37.4 Å². The third-order valence-electron chi connectivity index (χ3n) is 2.95. The molecule has 1 heterocycles. The minimum absolute atomic E-state index is 0. The van der Waals surface area contributed by atoms with Crippen molar-refractivity contribution in [1.82, 2.24) is 4.90 Å². The molecule has 0 bridgehead atoms. The fraction of sp³-hybridized carbons (Fsp3) is 0.611. The molecule has 1 saturated heterocycles. The van der Waals surface area contributed by atoms with E-state index in [9.17, 15) is 4.79 Å². The van der Waals surface area contributed by atoms with Gasteiger partial charge < -0.3 is 9.64 Å². The maximum atomic E-state index is 10.7. The molecule has 2 rings (SSSR count). The average molecular weight is 421 g/mol. The van der Waals surface area contributed by atoms with Crippen molar-refractivity contribution in [2.45, 2.75) is 61.9 Å². The molecule has 0 N–H and O–H groups in total. The molecular formula is C18H34ClNO2Y. The third-order valence-corrected chi connectivity index (χ3v) is 3.20. The predicted molar refractivity (Wildman–Crippen MR) is 98.9 cm³/mol. The van der Waals surface area contributed by atoms with E-state index in [0.717, 1.165) is 11.6 Å². The van der Waals surface area contributed by atoms with Gasteiger partial charge in [-0.05, 0) is 37.5 Å². The van der Waals surface area contributed by atoms with Crippen molar-refractivity contribution in [3.8, 4) is 0 Å². The average Bonchev–Trinajstić information content (AvgIpc) is 2.77. The normalized spacial score (nSPS) is 12.0. The summed E-state index contributed by atoms with van der Waals surface area (Å²) < 4.78 is 4.71. The molecule has 1 radical (unpaired) electrons. The van der Waals surface area contributed by atoms with Gasteiger partial charge in [-0.25, -0.2) is 4.79 Å². The fourth-order valence-corrected chi connectivity index (χ4v) is 1.85. The zero-order valence-corrected chi connectivity index (χ0v) is 16.2. The van der Waals surface area contributed by atoms with Crippen LogP contribution in [0.2, 0.25) is 5.02 Å². The van der Waals surface area contributed by atoms with Gasteiger partial charge in [-0.3, -0.25) is 0 Å². The van der Waals surface area contributed by atoms with Crippen LogP contribution in [0.5, 0.6) is 0 Å². The molecular weight excluding hydrogens is 387 g/mol. The number of halogens is 1. The van der Waals surface area contributed by atoms with Crippen LogP contribution >= 0.6 is 11.6 Å². The van der Waals surface area contributed by atoms with Crippen molar-refractivity contribution in [3.05, 3.63) is 34.9 Å². The standard InChI is InChI=1S/C9H11Cl.C6H11NO2.3CH4.Y/c1-7(2)8-3-5-9(10)6-4-8;1-5(2)7-3-4-9-6(7)8;;;;/h3-7H,1-2H3;5H,3-4H2,1-2H3;3*1H4;. The second-order valence-corrected chi connectivity index (χ2v) is 5.54. The fourth-order valence-electron chi connectivity index (χ4n) is 1.72. The number of carbonyl (C=O) groups is 1. The molecule has 1 aromatic carbocycles. The molecule has 0 atom stereocenters. The van der Waals surface area contributed by atoms with Gasteiger partial charge in [-0.1, -0.05) is 59.9 Å². The Bertz CT molecular complexity index is 408. The molecule has 0 unspecified atom stereocenters. The second-order valence-electron chi connectivity index (χ2n) is 5.11. The molecule has 23 heavy (non-hydrogen) atoms. The van der Waals surface area contributed by atoms with E-state index in [1.54, 1.807) is 4.90 Å². The van der Waals surface area contributed by atoms with Gasteiger partial charge in [-0.2, -0.15) is 0 Å². The number of carbonyl (C=O) groups excluding carboxylic acids is 1. The first-order chi connectivity index (χ1) is 8.91. The van der Waals surface area contributed by atoms with Gasteiger partial charge in [0.15, 0.2) is 0 Å². The molecule has 1 aliphatic rings. The molecule has 1 fully saturated rings. The molecule has 1 aliphatic heterocycles. The summed E-state index contributed by atoms with van der Waals surface area (Å²) in [6.45, 7) is 9.60. The Kier molecular flexibility index (Phi) is 20.6. The monoisotopic (exact) mass is 420 g/mol. The Hall–Kier alpha value is -0.116. The van der Waals surface area contributed by atoms with E-state index in [1.165, 1.54) is 5.56 Å². The molecule has 0 aliphatic carbocycles. The quantitative estimate of drug-likeness (QED) is 0.568. The van der Waals surface area contributed by atoms with E-state index in [2.05, 4.69) is 26.0 Å². The van der Waals surface area contributed by atoms with Crippen LogP contribution in [0, 0.1) is 0 Å². The summed E-state index contributed by atoms with van der Waals surface area (Å²) >= 11 is 5.72. The summed E-state index contributed by atoms with van der Waals surface area (Å²) in [5.41, 5.74) is 1.34. The first-order valence-electron chi connectivity index (χ1n) is 6.60. The van der Waals surface area contributed by atoms with Gasteiger partial charge >= 0.3 is 6.09 Å². The van der Waals surface area contributed by atoms with Crippen molar-refractivity contribution >= 4 is 17.7 Å². The zero-order chi connectivity index (χ0) is 14.4. The van der Waals surface area contributed by atoms with Gasteiger partial charge in [0.25, 0.3) is 0 Å². The third kappa shape index (κ3) is 11.1. The summed E-state index contributed by atoms with van der Waals surface area (Å²) in [5, 5.41) is 0.810. The number of rotatable bonds is 2. The van der Waals surface area contributed by atoms with E-state index in [1.807, 2.05) is 26.0 Å². The number of nitrogens with zero attached hydrogens (tertiary/aromatic N) is 1. The van der Waals surface area contributed by atoms with Crippen LogP contribution in [0.4, 0.5) is 4.79 Å². The van der Waals surface area contributed by atoms with Crippen molar-refractivity contribution in [3.63, 3.8) is 0 Å². The number of cyclic esters (lactones) is 1. The summed E-state index contributed by atoms with van der Waals surface area (Å²) in [6.07, 6.45) is -0.176. The van der Waals surface area contributed by atoms with Gasteiger partial charge in [0, 0.05) is 43.8 Å². The van der Waals surface area contributed by atoms with E-state index in [4.69, 9.17) is 16.3 Å². The summed E-state index contributed by atoms with van der Waals surface area (Å²) in [4.78, 5) is 12.4. The van der Waals surface area contributed by atoms with Gasteiger partial charge in [0.1, 0.15) is 6.61 Å². The van der Waals surface area contributed by atoms with Crippen LogP contribution in [0.1, 0.15) is 61.5 Å². The van der Waals surface area contributed by atoms with E-state index < -0.39 is 0 Å². The molecule has 3 nitrogen and oxygen atoms in total. The number of hydrogen-bond donors (Lipinski definition) is 0. The molecule has 1 aromatic rings. The van der Waals surface area contributed by atoms with E-state index >= 15 is 0 Å². The molecule has 0 spiro atoms. The summed E-state index contributed by atoms with van der Waals surface area (Å²) in [6, 6.07) is 8.26. The van der Waals surface area contributed by atoms with Gasteiger partial charge in [-0.15, -0.1) is 0 Å². The minimum atomic E-state index is -0.176. The Balaban J connectivity index is -0.000000134. The maximum absolute atomic E-state index is 10.7. The van der Waals surface area contributed by atoms with Crippen molar-refractivity contribution < 1.29 is 42.2 Å². The van der Waals surface area contributed by atoms with Crippen molar-refractivity contribution in [2.75, 3.05) is 13.2 Å². The number of benzene rings is 1. The Morgan fingerprint density at radius 3 is 1.78 bits per heavy atom. The topological polar surface area (TPSA) is 29.5 Å². The van der Waals surface area contributed by atoms with Crippen LogP contribution in [-0.4, -0.2) is 30.2 Å². The zero-order valence-electron chi connectivity index (χ0n) is 12.6. The van der Waals surface area contributed by atoms with E-state index in [-0.39, 0.29) is 67.1 Å². The first kappa shape index (κ1) is 30.7. The second kappa shape index (κ2) is 15.4. The van der Waals surface area contributed by atoms with Gasteiger partial charge in [0.05, 0.1) is 6.54 Å². The summed E-state index contributed by atoms with van der Waals surface area (Å²) in [7, 11) is 0. The number of amides is 1. The van der Waals surface area contributed by atoms with Crippen molar-refractivity contribution in [2.24, 2.45) is 0 Å². The van der Waals surface area contributed by atoms with Crippen LogP contribution in [0.15, 0.2) is 24.3 Å². The largest absolute Gasteiger partial charge is 0.448 e. The maximum Gasteiger partial charge on any atom is 0.410 e. The number of ether oxygens (including phenoxy) is 1. The van der Waals surface area contributed by atoms with Crippen LogP contribution in [0.25, 0.3) is 0 Å². The molecule has 0 saturated carbocycles. The molecule has 0 aromatic heterocycles. The van der Waals surface area contributed by atoms with Crippen LogP contribution in [0.3, 0.4) is 0 Å². The smallest absolute Gasteiger partial charge is 0.410 e. The Morgan fingerprint density at radius 2 is 1.52 bits per heavy atom. The van der Waals surface area contributed by atoms with Gasteiger partial charge in [0.2, 0.25) is 0 Å². The number of hydrogen-bond acceptors (Lipinski definition) is 2. The van der Waals surface area contributed by atoms with Crippen LogP contribution < -0.4 is 0 Å². The summed E-state index contributed by atoms with van der Waals surface area (Å²) in [5.74, 6) is 0.595. The first-order valence-corrected chi connectivity index (χ1v) is 6.98.